The zero-order valence-corrected chi connectivity index (χ0v) is 23.1. The van der Waals surface area contributed by atoms with Crippen molar-refractivity contribution < 1.29 is 32.7 Å². The molecule has 10 heteroatoms. The van der Waals surface area contributed by atoms with Crippen LogP contribution in [0.3, 0.4) is 0 Å². The Morgan fingerprint density at radius 1 is 1.10 bits per heavy atom. The molecule has 1 aliphatic carbocycles. The highest BCUT2D eigenvalue weighted by atomic mass is 19.4. The molecule has 2 aromatic rings. The summed E-state index contributed by atoms with van der Waals surface area (Å²) in [6.45, 7) is 7.16. The van der Waals surface area contributed by atoms with E-state index in [0.717, 1.165) is 43.4 Å². The largest absolute Gasteiger partial charge is 0.481 e. The molecule has 1 aliphatic heterocycles. The Labute approximate surface area is 232 Å². The van der Waals surface area contributed by atoms with E-state index in [2.05, 4.69) is 31.3 Å². The van der Waals surface area contributed by atoms with Crippen LogP contribution < -0.4 is 5.32 Å². The van der Waals surface area contributed by atoms with Crippen LogP contribution in [0.2, 0.25) is 0 Å². The summed E-state index contributed by atoms with van der Waals surface area (Å²) in [5.74, 6) is -1.17. The topological polar surface area (TPSA) is 99.1 Å². The number of carbonyl (C=O) groups is 3. The van der Waals surface area contributed by atoms with Gasteiger partial charge in [-0.1, -0.05) is 55.8 Å². The number of alkyl halides is 3. The Morgan fingerprint density at radius 2 is 1.75 bits per heavy atom. The maximum Gasteiger partial charge on any atom is 0.416 e. The number of carbonyl (C=O) groups excluding carboxylic acids is 2. The van der Waals surface area contributed by atoms with Crippen molar-refractivity contribution in [3.05, 3.63) is 70.8 Å². The summed E-state index contributed by atoms with van der Waals surface area (Å²) in [5.41, 5.74) is 1.44. The molecule has 0 aromatic heterocycles. The number of benzene rings is 2. The maximum absolute atomic E-state index is 13.5. The van der Waals surface area contributed by atoms with Gasteiger partial charge in [0.25, 0.3) is 5.91 Å². The molecule has 2 aromatic carbocycles. The Bertz CT molecular complexity index is 1230. The number of aliphatic imine (C=N–C) groups is 1. The lowest BCUT2D eigenvalue weighted by Crippen LogP contribution is -2.50. The number of aliphatic carboxylic acids is 1. The van der Waals surface area contributed by atoms with E-state index in [1.165, 1.54) is 11.6 Å². The molecule has 0 radical (unpaired) electrons. The van der Waals surface area contributed by atoms with Gasteiger partial charge < -0.3 is 15.3 Å². The Morgan fingerprint density at radius 3 is 2.33 bits per heavy atom. The number of nitrogens with zero attached hydrogens (tertiary/aromatic N) is 2. The fraction of sp³-hybridized carbons (Fsp3) is 0.467. The normalized spacial score (nSPS) is 17.6. The number of amides is 2. The van der Waals surface area contributed by atoms with Gasteiger partial charge in [-0.15, -0.1) is 0 Å². The maximum atomic E-state index is 13.5. The van der Waals surface area contributed by atoms with Crippen molar-refractivity contribution in [2.45, 2.75) is 71.1 Å². The van der Waals surface area contributed by atoms with Crippen LogP contribution in [0.5, 0.6) is 0 Å². The second-order valence-electron chi connectivity index (χ2n) is 11.1. The highest BCUT2D eigenvalue weighted by Gasteiger charge is 2.50. The van der Waals surface area contributed by atoms with Crippen LogP contribution >= 0.6 is 0 Å². The zero-order chi connectivity index (χ0) is 29.6. The molecule has 0 bridgehead atoms. The fourth-order valence-electron chi connectivity index (χ4n) is 4.92. The lowest BCUT2D eigenvalue weighted by atomic mass is 9.72. The van der Waals surface area contributed by atoms with Crippen molar-refractivity contribution in [2.24, 2.45) is 10.4 Å². The zero-order valence-electron chi connectivity index (χ0n) is 23.1. The molecule has 1 saturated carbocycles. The third-order valence-electron chi connectivity index (χ3n) is 7.45. The predicted molar refractivity (Wildman–Crippen MR) is 146 cm³/mol. The SMILES string of the molecule is Cc1ccc(CCN2C(=O)C(c3cccc(C(F)(F)F)c3)=NC23CCC(C)(C)CC3)cc1.O=CNCCC(=O)O. The first-order chi connectivity index (χ1) is 18.8. The quantitative estimate of drug-likeness (QED) is 0.335. The van der Waals surface area contributed by atoms with Crippen molar-refractivity contribution in [3.63, 3.8) is 0 Å². The van der Waals surface area contributed by atoms with Crippen molar-refractivity contribution in [3.8, 4) is 0 Å². The summed E-state index contributed by atoms with van der Waals surface area (Å²) < 4.78 is 39.8. The molecule has 40 heavy (non-hydrogen) atoms. The summed E-state index contributed by atoms with van der Waals surface area (Å²) in [6, 6.07) is 13.2. The third-order valence-corrected chi connectivity index (χ3v) is 7.45. The average molecular weight is 560 g/mol. The number of rotatable bonds is 8. The molecule has 1 fully saturated rings. The van der Waals surface area contributed by atoms with Crippen molar-refractivity contribution in [2.75, 3.05) is 13.1 Å². The molecule has 0 saturated heterocycles. The fourth-order valence-corrected chi connectivity index (χ4v) is 4.92. The number of carboxylic acids is 1. The van der Waals surface area contributed by atoms with Crippen LogP contribution in [-0.4, -0.2) is 52.8 Å². The predicted octanol–water partition coefficient (Wildman–Crippen LogP) is 5.39. The molecule has 2 amide bonds. The number of carboxylic acid groups (broad SMARTS) is 1. The Hall–Kier alpha value is -3.69. The molecular weight excluding hydrogens is 523 g/mol. The molecule has 4 rings (SSSR count). The minimum atomic E-state index is -4.46. The number of nitrogens with one attached hydrogen (secondary N) is 1. The van der Waals surface area contributed by atoms with Gasteiger partial charge in [0.05, 0.1) is 12.0 Å². The van der Waals surface area contributed by atoms with Gasteiger partial charge in [-0.05, 0) is 62.1 Å². The second kappa shape index (κ2) is 12.7. The van der Waals surface area contributed by atoms with Gasteiger partial charge in [-0.2, -0.15) is 13.2 Å². The van der Waals surface area contributed by atoms with Crippen LogP contribution in [0.15, 0.2) is 53.5 Å². The van der Waals surface area contributed by atoms with Gasteiger partial charge >= 0.3 is 12.1 Å². The minimum Gasteiger partial charge on any atom is -0.481 e. The van der Waals surface area contributed by atoms with Gasteiger partial charge in [-0.3, -0.25) is 19.4 Å². The summed E-state index contributed by atoms with van der Waals surface area (Å²) >= 11 is 0. The van der Waals surface area contributed by atoms with Gasteiger partial charge in [0.15, 0.2) is 0 Å². The molecule has 216 valence electrons. The van der Waals surface area contributed by atoms with E-state index in [9.17, 15) is 27.6 Å². The number of aryl methyl sites for hydroxylation is 1. The van der Waals surface area contributed by atoms with Crippen molar-refractivity contribution in [1.29, 1.82) is 0 Å². The second-order valence-corrected chi connectivity index (χ2v) is 11.1. The van der Waals surface area contributed by atoms with E-state index in [4.69, 9.17) is 10.1 Å². The summed E-state index contributed by atoms with van der Waals surface area (Å²) in [7, 11) is 0. The lowest BCUT2D eigenvalue weighted by molar-refractivity contribution is -0.138. The molecule has 0 atom stereocenters. The standard InChI is InChI=1S/C26H29F3N2O.C4H7NO3/c1-18-7-9-19(10-8-18)11-16-31-23(32)22(20-5-4-6-21(17-20)26(27,28)29)30-25(31)14-12-24(2,3)13-15-25;6-3-5-2-1-4(7)8/h4-10,17H,11-16H2,1-3H3;3H,1-2H2,(H,5,6)(H,7,8). The Balaban J connectivity index is 0.000000482. The monoisotopic (exact) mass is 559 g/mol. The van der Waals surface area contributed by atoms with E-state index in [1.807, 2.05) is 24.0 Å². The van der Waals surface area contributed by atoms with Crippen LogP contribution in [-0.2, 0) is 27.0 Å². The van der Waals surface area contributed by atoms with E-state index in [0.29, 0.717) is 19.4 Å². The van der Waals surface area contributed by atoms with Gasteiger partial charge in [0, 0.05) is 18.7 Å². The van der Waals surface area contributed by atoms with Gasteiger partial charge in [0.1, 0.15) is 11.4 Å². The number of halogens is 3. The van der Waals surface area contributed by atoms with Crippen molar-refractivity contribution >= 4 is 24.0 Å². The number of hydrogen-bond donors (Lipinski definition) is 2. The van der Waals surface area contributed by atoms with Crippen molar-refractivity contribution in [1.82, 2.24) is 10.2 Å². The third kappa shape index (κ3) is 7.92. The van der Waals surface area contributed by atoms with Crippen LogP contribution in [0, 0.1) is 12.3 Å². The molecule has 1 spiro atoms. The lowest BCUT2D eigenvalue weighted by Gasteiger charge is -2.44. The first kappa shape index (κ1) is 30.8. The Kier molecular flexibility index (Phi) is 9.76. The van der Waals surface area contributed by atoms with Gasteiger partial charge in [0.2, 0.25) is 6.41 Å². The highest BCUT2D eigenvalue weighted by Crippen LogP contribution is 2.46. The average Bonchev–Trinajstić information content (AvgIpc) is 3.17. The highest BCUT2D eigenvalue weighted by molar-refractivity contribution is 6.46. The molecule has 2 aliphatic rings. The van der Waals surface area contributed by atoms with E-state index < -0.39 is 23.4 Å². The van der Waals surface area contributed by atoms with E-state index >= 15 is 0 Å². The molecule has 0 unspecified atom stereocenters. The number of hydrogen-bond acceptors (Lipinski definition) is 4. The van der Waals surface area contributed by atoms with E-state index in [1.54, 1.807) is 6.07 Å². The van der Waals surface area contributed by atoms with Crippen LogP contribution in [0.25, 0.3) is 0 Å². The molecule has 2 N–H and O–H groups in total. The molecule has 1 heterocycles. The van der Waals surface area contributed by atoms with Crippen LogP contribution in [0.1, 0.15) is 68.2 Å². The molecule has 7 nitrogen and oxygen atoms in total. The van der Waals surface area contributed by atoms with E-state index in [-0.39, 0.29) is 35.6 Å². The smallest absolute Gasteiger partial charge is 0.416 e. The molecular formula is C30H36F3N3O4. The van der Waals surface area contributed by atoms with Crippen LogP contribution in [0.4, 0.5) is 13.2 Å². The summed E-state index contributed by atoms with van der Waals surface area (Å²) in [5, 5.41) is 10.2. The first-order valence-electron chi connectivity index (χ1n) is 13.3. The summed E-state index contributed by atoms with van der Waals surface area (Å²) in [4.78, 5) is 39.4. The first-order valence-corrected chi connectivity index (χ1v) is 13.3. The van der Waals surface area contributed by atoms with Gasteiger partial charge in [-0.25, -0.2) is 0 Å². The summed E-state index contributed by atoms with van der Waals surface area (Å²) in [6.07, 6.45) is -0.0360. The minimum absolute atomic E-state index is 0.0151.